The second kappa shape index (κ2) is 9.35. The van der Waals surface area contributed by atoms with Gasteiger partial charge in [0.05, 0.1) is 24.9 Å². The molecule has 1 amide bonds. The number of halogens is 1. The van der Waals surface area contributed by atoms with E-state index in [-0.39, 0.29) is 35.8 Å². The maximum Gasteiger partial charge on any atom is 0.273 e. The number of morpholine rings is 1. The molecule has 1 aliphatic rings. The summed E-state index contributed by atoms with van der Waals surface area (Å²) in [5, 5.41) is 6.54. The van der Waals surface area contributed by atoms with E-state index in [4.69, 9.17) is 14.0 Å². The van der Waals surface area contributed by atoms with Crippen LogP contribution in [0.1, 0.15) is 29.9 Å². The van der Waals surface area contributed by atoms with Gasteiger partial charge in [-0.25, -0.2) is 9.37 Å². The van der Waals surface area contributed by atoms with E-state index in [1.165, 1.54) is 25.3 Å². The van der Waals surface area contributed by atoms with Gasteiger partial charge in [0.2, 0.25) is 0 Å². The number of methoxy groups -OCH3 is 1. The predicted molar refractivity (Wildman–Crippen MR) is 116 cm³/mol. The highest BCUT2D eigenvalue weighted by atomic mass is 19.1. The van der Waals surface area contributed by atoms with E-state index in [0.717, 1.165) is 24.5 Å². The Morgan fingerprint density at radius 3 is 2.66 bits per heavy atom. The summed E-state index contributed by atoms with van der Waals surface area (Å²) in [7, 11) is 1.46. The summed E-state index contributed by atoms with van der Waals surface area (Å²) in [5.74, 6) is 0.484. The van der Waals surface area contributed by atoms with Gasteiger partial charge in [-0.05, 0) is 37.6 Å². The summed E-state index contributed by atoms with van der Waals surface area (Å²) < 4.78 is 30.1. The van der Waals surface area contributed by atoms with Crippen molar-refractivity contribution >= 4 is 11.7 Å². The van der Waals surface area contributed by atoms with Crippen LogP contribution in [0.3, 0.4) is 0 Å². The molecule has 3 aromatic rings. The maximum absolute atomic E-state index is 14.2. The zero-order chi connectivity index (χ0) is 22.7. The molecule has 1 saturated heterocycles. The van der Waals surface area contributed by atoms with Crippen molar-refractivity contribution in [3.63, 3.8) is 0 Å². The molecule has 0 radical (unpaired) electrons. The molecule has 32 heavy (non-hydrogen) atoms. The van der Waals surface area contributed by atoms with Gasteiger partial charge in [-0.1, -0.05) is 11.2 Å². The number of anilines is 1. The monoisotopic (exact) mass is 440 g/mol. The molecule has 3 heterocycles. The summed E-state index contributed by atoms with van der Waals surface area (Å²) in [6.45, 7) is 5.95. The van der Waals surface area contributed by atoms with E-state index >= 15 is 0 Å². The number of pyridine rings is 1. The number of ether oxygens (including phenoxy) is 2. The van der Waals surface area contributed by atoms with Crippen LogP contribution in [0.25, 0.3) is 11.3 Å². The van der Waals surface area contributed by atoms with Crippen molar-refractivity contribution in [1.29, 1.82) is 0 Å². The quantitative estimate of drug-likeness (QED) is 0.628. The lowest BCUT2D eigenvalue weighted by Crippen LogP contribution is -2.45. The van der Waals surface area contributed by atoms with E-state index in [0.29, 0.717) is 5.75 Å². The fourth-order valence-corrected chi connectivity index (χ4v) is 3.68. The lowest BCUT2D eigenvalue weighted by atomic mass is 10.1. The first-order chi connectivity index (χ1) is 15.4. The van der Waals surface area contributed by atoms with Crippen LogP contribution < -0.4 is 15.0 Å². The molecule has 0 spiro atoms. The second-order valence-electron chi connectivity index (χ2n) is 7.79. The Morgan fingerprint density at radius 1 is 1.22 bits per heavy atom. The largest absolute Gasteiger partial charge is 0.497 e. The molecule has 0 saturated carbocycles. The summed E-state index contributed by atoms with van der Waals surface area (Å²) in [6, 6.07) is 9.63. The number of hydrogen-bond donors (Lipinski definition) is 1. The first kappa shape index (κ1) is 21.8. The van der Waals surface area contributed by atoms with E-state index in [1.807, 2.05) is 26.0 Å². The van der Waals surface area contributed by atoms with Crippen LogP contribution in [0, 0.1) is 5.82 Å². The fraction of sp³-hybridized carbons (Fsp3) is 0.348. The summed E-state index contributed by atoms with van der Waals surface area (Å²) in [5.41, 5.74) is 1.11. The van der Waals surface area contributed by atoms with Crippen LogP contribution in [-0.4, -0.2) is 48.5 Å². The minimum atomic E-state index is -0.525. The molecule has 8 nitrogen and oxygen atoms in total. The minimum Gasteiger partial charge on any atom is -0.497 e. The zero-order valence-corrected chi connectivity index (χ0v) is 18.2. The van der Waals surface area contributed by atoms with E-state index in [2.05, 4.69) is 20.4 Å². The molecule has 0 aliphatic carbocycles. The van der Waals surface area contributed by atoms with Gasteiger partial charge in [-0.2, -0.15) is 0 Å². The van der Waals surface area contributed by atoms with Gasteiger partial charge < -0.3 is 24.2 Å². The Bertz CT molecular complexity index is 1080. The van der Waals surface area contributed by atoms with Crippen LogP contribution in [-0.2, 0) is 11.3 Å². The Kier molecular flexibility index (Phi) is 6.36. The molecule has 9 heteroatoms. The van der Waals surface area contributed by atoms with Crippen LogP contribution >= 0.6 is 0 Å². The molecular formula is C23H25FN4O4. The van der Waals surface area contributed by atoms with Crippen LogP contribution in [0.4, 0.5) is 10.2 Å². The number of nitrogens with one attached hydrogen (secondary N) is 1. The van der Waals surface area contributed by atoms with E-state index < -0.39 is 11.7 Å². The van der Waals surface area contributed by atoms with Crippen LogP contribution in [0.15, 0.2) is 47.1 Å². The molecule has 0 bridgehead atoms. The van der Waals surface area contributed by atoms with Crippen molar-refractivity contribution < 1.29 is 23.2 Å². The lowest BCUT2D eigenvalue weighted by molar-refractivity contribution is -0.00546. The van der Waals surface area contributed by atoms with E-state index in [9.17, 15) is 9.18 Å². The number of carbonyl (C=O) groups excluding carboxylic acids is 1. The third-order valence-electron chi connectivity index (χ3n) is 5.19. The topological polar surface area (TPSA) is 89.7 Å². The highest BCUT2D eigenvalue weighted by molar-refractivity contribution is 5.93. The summed E-state index contributed by atoms with van der Waals surface area (Å²) >= 11 is 0. The first-order valence-electron chi connectivity index (χ1n) is 10.4. The Balaban J connectivity index is 1.36. The molecule has 168 valence electrons. The lowest BCUT2D eigenvalue weighted by Gasteiger charge is -2.36. The van der Waals surface area contributed by atoms with Crippen LogP contribution in [0.5, 0.6) is 5.75 Å². The fourth-order valence-electron chi connectivity index (χ4n) is 3.68. The number of nitrogens with zero attached hydrogens (tertiary/aromatic N) is 3. The average Bonchev–Trinajstić information content (AvgIpc) is 3.27. The summed E-state index contributed by atoms with van der Waals surface area (Å²) in [6.07, 6.45) is 2.04. The van der Waals surface area contributed by atoms with Gasteiger partial charge in [-0.3, -0.25) is 4.79 Å². The van der Waals surface area contributed by atoms with Gasteiger partial charge in [0.15, 0.2) is 11.5 Å². The molecule has 1 aliphatic heterocycles. The molecule has 1 aromatic carbocycles. The number of hydrogen-bond acceptors (Lipinski definition) is 7. The third kappa shape index (κ3) is 4.88. The normalized spacial score (nSPS) is 18.4. The van der Waals surface area contributed by atoms with Gasteiger partial charge >= 0.3 is 0 Å². The highest BCUT2D eigenvalue weighted by Gasteiger charge is 2.23. The Morgan fingerprint density at radius 2 is 2.00 bits per heavy atom. The molecule has 4 rings (SSSR count). The highest BCUT2D eigenvalue weighted by Crippen LogP contribution is 2.27. The third-order valence-corrected chi connectivity index (χ3v) is 5.19. The SMILES string of the molecule is COc1ccc(-c2cc(C(=O)NCc3ccc(N4CC(C)OC(C)C4)nc3)no2)c(F)c1. The van der Waals surface area contributed by atoms with Crippen LogP contribution in [0.2, 0.25) is 0 Å². The minimum absolute atomic E-state index is 0.0658. The smallest absolute Gasteiger partial charge is 0.273 e. The number of rotatable bonds is 6. The van der Waals surface area contributed by atoms with Crippen molar-refractivity contribution in [1.82, 2.24) is 15.5 Å². The van der Waals surface area contributed by atoms with Crippen molar-refractivity contribution in [3.8, 4) is 17.1 Å². The molecule has 2 unspecified atom stereocenters. The number of benzene rings is 1. The van der Waals surface area contributed by atoms with Gasteiger partial charge in [0, 0.05) is 38.0 Å². The van der Waals surface area contributed by atoms with E-state index in [1.54, 1.807) is 12.3 Å². The van der Waals surface area contributed by atoms with Crippen molar-refractivity contribution in [2.45, 2.75) is 32.6 Å². The molecular weight excluding hydrogens is 415 g/mol. The zero-order valence-electron chi connectivity index (χ0n) is 18.2. The number of amides is 1. The standard InChI is InChI=1S/C23H25FN4O4/c1-14-12-28(13-15(2)31-14)22-7-4-16(10-25-22)11-26-23(29)20-9-21(32-27-20)18-6-5-17(30-3)8-19(18)24/h4-10,14-15H,11-13H2,1-3H3,(H,26,29). The van der Waals surface area contributed by atoms with Gasteiger partial charge in [-0.15, -0.1) is 0 Å². The number of carbonyl (C=O) groups is 1. The Hall–Kier alpha value is -3.46. The molecule has 2 aromatic heterocycles. The van der Waals surface area contributed by atoms with Gasteiger partial charge in [0.25, 0.3) is 5.91 Å². The number of aromatic nitrogens is 2. The molecule has 1 N–H and O–H groups in total. The summed E-state index contributed by atoms with van der Waals surface area (Å²) in [4.78, 5) is 19.2. The van der Waals surface area contributed by atoms with Gasteiger partial charge in [0.1, 0.15) is 17.4 Å². The maximum atomic E-state index is 14.2. The second-order valence-corrected chi connectivity index (χ2v) is 7.79. The van der Waals surface area contributed by atoms with Crippen molar-refractivity contribution in [3.05, 3.63) is 59.7 Å². The average molecular weight is 440 g/mol. The van der Waals surface area contributed by atoms with Crippen molar-refractivity contribution in [2.24, 2.45) is 0 Å². The first-order valence-corrected chi connectivity index (χ1v) is 10.4. The molecule has 2 atom stereocenters. The Labute approximate surface area is 185 Å². The molecule has 1 fully saturated rings. The van der Waals surface area contributed by atoms with Crippen molar-refractivity contribution in [2.75, 3.05) is 25.1 Å². The predicted octanol–water partition coefficient (Wildman–Crippen LogP) is 3.43.